The number of ketones is 1. The molecule has 0 atom stereocenters. The van der Waals surface area contributed by atoms with Gasteiger partial charge in [0.25, 0.3) is 5.91 Å². The molecule has 1 aliphatic heterocycles. The molecule has 4 nitrogen and oxygen atoms in total. The summed E-state index contributed by atoms with van der Waals surface area (Å²) in [5, 5.41) is 0.905. The number of nitrogens with one attached hydrogen (secondary N) is 1. The Kier molecular flexibility index (Phi) is 2.49. The summed E-state index contributed by atoms with van der Waals surface area (Å²) in [6, 6.07) is 7.69. The minimum Gasteiger partial charge on any atom is -0.360 e. The van der Waals surface area contributed by atoms with Crippen LogP contribution in [-0.2, 0) is 4.79 Å². The molecule has 0 aliphatic carbocycles. The van der Waals surface area contributed by atoms with Crippen LogP contribution < -0.4 is 0 Å². The molecule has 4 heteroatoms. The zero-order chi connectivity index (χ0) is 13.6. The molecule has 0 unspecified atom stereocenters. The van der Waals surface area contributed by atoms with Crippen LogP contribution in [-0.4, -0.2) is 33.7 Å². The molecule has 19 heavy (non-hydrogen) atoms. The molecule has 0 saturated carbocycles. The smallest absolute Gasteiger partial charge is 0.256 e. The Bertz CT molecular complexity index is 670. The highest BCUT2D eigenvalue weighted by molar-refractivity contribution is 6.09. The maximum Gasteiger partial charge on any atom is 0.256 e. The summed E-state index contributed by atoms with van der Waals surface area (Å²) >= 11 is 0. The average molecular weight is 256 g/mol. The van der Waals surface area contributed by atoms with Gasteiger partial charge in [-0.3, -0.25) is 9.59 Å². The lowest BCUT2D eigenvalue weighted by Gasteiger charge is -2.29. The molecule has 2 heterocycles. The van der Waals surface area contributed by atoms with E-state index in [1.54, 1.807) is 11.1 Å². The number of carbonyl (C=O) groups excluding carboxylic acids is 2. The number of hydrogen-bond acceptors (Lipinski definition) is 2. The van der Waals surface area contributed by atoms with Crippen molar-refractivity contribution in [2.75, 3.05) is 6.54 Å². The zero-order valence-electron chi connectivity index (χ0n) is 11.1. The van der Waals surface area contributed by atoms with Crippen molar-refractivity contribution in [1.29, 1.82) is 0 Å². The summed E-state index contributed by atoms with van der Waals surface area (Å²) in [5.74, 6) is 0.0500. The lowest BCUT2D eigenvalue weighted by molar-refractivity contribution is -0.123. The highest BCUT2D eigenvalue weighted by atomic mass is 16.2. The number of nitrogens with zero attached hydrogens (tertiary/aromatic N) is 1. The number of aromatic amines is 1. The summed E-state index contributed by atoms with van der Waals surface area (Å²) in [5.41, 5.74) is 0.877. The predicted octanol–water partition coefficient (Wildman–Crippen LogP) is 2.36. The third-order valence-electron chi connectivity index (χ3n) is 3.98. The van der Waals surface area contributed by atoms with Crippen molar-refractivity contribution in [3.8, 4) is 0 Å². The first-order chi connectivity index (χ1) is 9.01. The van der Waals surface area contributed by atoms with Gasteiger partial charge in [0.1, 0.15) is 0 Å². The number of fused-ring (bicyclic) bond motifs is 1. The first-order valence-electron chi connectivity index (χ1n) is 6.43. The molecule has 0 bridgehead atoms. The number of amides is 1. The maximum absolute atomic E-state index is 12.6. The van der Waals surface area contributed by atoms with E-state index in [4.69, 9.17) is 0 Å². The third kappa shape index (κ3) is 1.67. The largest absolute Gasteiger partial charge is 0.360 e. The topological polar surface area (TPSA) is 53.2 Å². The van der Waals surface area contributed by atoms with E-state index in [0.717, 1.165) is 10.9 Å². The van der Waals surface area contributed by atoms with E-state index in [1.807, 2.05) is 38.1 Å². The fourth-order valence-corrected chi connectivity index (χ4v) is 2.70. The van der Waals surface area contributed by atoms with Crippen LogP contribution in [0.5, 0.6) is 0 Å². The second kappa shape index (κ2) is 3.95. The maximum atomic E-state index is 12.6. The Labute approximate surface area is 111 Å². The SMILES string of the molecule is CC1(C)C(=O)CCN1C(=O)c1c[nH]c2ccccc12. The van der Waals surface area contributed by atoms with Crippen molar-refractivity contribution in [2.24, 2.45) is 0 Å². The molecule has 1 aliphatic rings. The number of benzene rings is 1. The molecule has 2 aromatic rings. The molecule has 1 saturated heterocycles. The first-order valence-corrected chi connectivity index (χ1v) is 6.43. The van der Waals surface area contributed by atoms with Gasteiger partial charge in [-0.15, -0.1) is 0 Å². The van der Waals surface area contributed by atoms with Crippen LogP contribution >= 0.6 is 0 Å². The summed E-state index contributed by atoms with van der Waals surface area (Å²) in [4.78, 5) is 29.2. The molecule has 0 spiro atoms. The molecular weight excluding hydrogens is 240 g/mol. The minimum atomic E-state index is -0.699. The van der Waals surface area contributed by atoms with Gasteiger partial charge in [-0.25, -0.2) is 0 Å². The van der Waals surface area contributed by atoms with Crippen LogP contribution in [0.15, 0.2) is 30.5 Å². The van der Waals surface area contributed by atoms with Crippen molar-refractivity contribution in [3.63, 3.8) is 0 Å². The fourth-order valence-electron chi connectivity index (χ4n) is 2.70. The van der Waals surface area contributed by atoms with Gasteiger partial charge in [-0.05, 0) is 19.9 Å². The van der Waals surface area contributed by atoms with E-state index in [1.165, 1.54) is 0 Å². The first kappa shape index (κ1) is 12.0. The van der Waals surface area contributed by atoms with Crippen LogP contribution in [0.25, 0.3) is 10.9 Å². The van der Waals surface area contributed by atoms with Crippen LogP contribution in [0.1, 0.15) is 30.6 Å². The van der Waals surface area contributed by atoms with Crippen LogP contribution in [0, 0.1) is 0 Å². The van der Waals surface area contributed by atoms with E-state index in [-0.39, 0.29) is 11.7 Å². The summed E-state index contributed by atoms with van der Waals surface area (Å²) in [6.45, 7) is 4.13. The van der Waals surface area contributed by atoms with Gasteiger partial charge in [0.15, 0.2) is 5.78 Å². The zero-order valence-corrected chi connectivity index (χ0v) is 11.1. The van der Waals surface area contributed by atoms with Crippen molar-refractivity contribution < 1.29 is 9.59 Å². The number of carbonyl (C=O) groups is 2. The summed E-state index contributed by atoms with van der Waals surface area (Å²) in [6.07, 6.45) is 2.17. The number of rotatable bonds is 1. The lowest BCUT2D eigenvalue weighted by Crippen LogP contribution is -2.46. The minimum absolute atomic E-state index is 0.0756. The van der Waals surface area contributed by atoms with Crippen molar-refractivity contribution in [2.45, 2.75) is 25.8 Å². The second-order valence-electron chi connectivity index (χ2n) is 5.44. The van der Waals surface area contributed by atoms with E-state index in [9.17, 15) is 9.59 Å². The van der Waals surface area contributed by atoms with Gasteiger partial charge >= 0.3 is 0 Å². The van der Waals surface area contributed by atoms with Gasteiger partial charge in [-0.2, -0.15) is 0 Å². The van der Waals surface area contributed by atoms with Crippen LogP contribution in [0.3, 0.4) is 0 Å². The van der Waals surface area contributed by atoms with Crippen molar-refractivity contribution in [3.05, 3.63) is 36.0 Å². The van der Waals surface area contributed by atoms with Gasteiger partial charge in [-0.1, -0.05) is 18.2 Å². The Morgan fingerprint density at radius 3 is 2.74 bits per heavy atom. The number of likely N-dealkylation sites (tertiary alicyclic amines) is 1. The fraction of sp³-hybridized carbons (Fsp3) is 0.333. The number of aromatic nitrogens is 1. The monoisotopic (exact) mass is 256 g/mol. The normalized spacial score (nSPS) is 18.2. The highest BCUT2D eigenvalue weighted by Gasteiger charge is 2.43. The van der Waals surface area contributed by atoms with Crippen molar-refractivity contribution in [1.82, 2.24) is 9.88 Å². The molecule has 3 rings (SSSR count). The second-order valence-corrected chi connectivity index (χ2v) is 5.44. The predicted molar refractivity (Wildman–Crippen MR) is 73.0 cm³/mol. The molecule has 1 aromatic heterocycles. The van der Waals surface area contributed by atoms with Crippen LogP contribution in [0.2, 0.25) is 0 Å². The Hall–Kier alpha value is -2.10. The van der Waals surface area contributed by atoms with Gasteiger partial charge in [0.05, 0.1) is 11.1 Å². The number of Topliss-reactive ketones (excluding diaryl/α,β-unsaturated/α-hetero) is 1. The standard InChI is InChI=1S/C15H16N2O2/c1-15(2)13(18)7-8-17(15)14(19)11-9-16-12-6-4-3-5-10(11)12/h3-6,9,16H,7-8H2,1-2H3. The van der Waals surface area contributed by atoms with E-state index in [0.29, 0.717) is 18.5 Å². The van der Waals surface area contributed by atoms with E-state index >= 15 is 0 Å². The quantitative estimate of drug-likeness (QED) is 0.851. The van der Waals surface area contributed by atoms with Crippen molar-refractivity contribution >= 4 is 22.6 Å². The molecule has 1 amide bonds. The molecular formula is C15H16N2O2. The lowest BCUT2D eigenvalue weighted by atomic mass is 10.00. The number of H-pyrrole nitrogens is 1. The number of hydrogen-bond donors (Lipinski definition) is 1. The average Bonchev–Trinajstić information content (AvgIpc) is 2.92. The molecule has 0 radical (unpaired) electrons. The van der Waals surface area contributed by atoms with E-state index < -0.39 is 5.54 Å². The molecule has 1 N–H and O–H groups in total. The summed E-state index contributed by atoms with van der Waals surface area (Å²) < 4.78 is 0. The molecule has 1 aromatic carbocycles. The number of para-hydroxylation sites is 1. The van der Waals surface area contributed by atoms with Gasteiger partial charge in [0, 0.05) is 30.1 Å². The Morgan fingerprint density at radius 2 is 2.05 bits per heavy atom. The Morgan fingerprint density at radius 1 is 1.32 bits per heavy atom. The Balaban J connectivity index is 2.03. The molecule has 1 fully saturated rings. The summed E-state index contributed by atoms with van der Waals surface area (Å²) in [7, 11) is 0. The third-order valence-corrected chi connectivity index (χ3v) is 3.98. The van der Waals surface area contributed by atoms with Gasteiger partial charge in [0.2, 0.25) is 0 Å². The van der Waals surface area contributed by atoms with Gasteiger partial charge < -0.3 is 9.88 Å². The van der Waals surface area contributed by atoms with Crippen LogP contribution in [0.4, 0.5) is 0 Å². The molecule has 98 valence electrons. The highest BCUT2D eigenvalue weighted by Crippen LogP contribution is 2.29. The van der Waals surface area contributed by atoms with E-state index in [2.05, 4.69) is 4.98 Å².